The van der Waals surface area contributed by atoms with Crippen LogP contribution in [-0.2, 0) is 16.4 Å². The first-order valence-corrected chi connectivity index (χ1v) is 8.85. The van der Waals surface area contributed by atoms with Crippen LogP contribution in [0.4, 0.5) is 5.69 Å². The zero-order chi connectivity index (χ0) is 13.7. The van der Waals surface area contributed by atoms with E-state index in [1.54, 1.807) is 42.5 Å². The summed E-state index contributed by atoms with van der Waals surface area (Å²) in [6, 6.07) is 16.0. The number of alkyl halides is 1. The Morgan fingerprint density at radius 3 is 2.42 bits per heavy atom. The monoisotopic (exact) mass is 387 g/mol. The van der Waals surface area contributed by atoms with Crippen molar-refractivity contribution in [2.75, 3.05) is 9.15 Å². The topological polar surface area (TPSA) is 46.2 Å². The molecule has 0 radical (unpaired) electrons. The van der Waals surface area contributed by atoms with Gasteiger partial charge < -0.3 is 0 Å². The molecule has 0 aliphatic heterocycles. The van der Waals surface area contributed by atoms with Crippen molar-refractivity contribution in [3.8, 4) is 0 Å². The van der Waals surface area contributed by atoms with Crippen molar-refractivity contribution in [3.05, 3.63) is 60.2 Å². The van der Waals surface area contributed by atoms with Crippen molar-refractivity contribution >= 4 is 38.3 Å². The molecule has 3 nitrogen and oxygen atoms in total. The first-order chi connectivity index (χ1) is 9.12. The number of anilines is 1. The van der Waals surface area contributed by atoms with Gasteiger partial charge in [-0.1, -0.05) is 52.9 Å². The Morgan fingerprint density at radius 1 is 1.00 bits per heavy atom. The molecule has 2 aromatic rings. The fourth-order valence-electron chi connectivity index (χ4n) is 1.70. The van der Waals surface area contributed by atoms with E-state index in [2.05, 4.69) is 27.3 Å². The van der Waals surface area contributed by atoms with Crippen LogP contribution < -0.4 is 4.72 Å². The first kappa shape index (κ1) is 14.3. The molecule has 0 aliphatic rings. The van der Waals surface area contributed by atoms with E-state index in [9.17, 15) is 8.42 Å². The molecule has 2 rings (SSSR count). The lowest BCUT2D eigenvalue weighted by molar-refractivity contribution is 0.601. The second kappa shape index (κ2) is 6.38. The number of hydrogen-bond donors (Lipinski definition) is 1. The average Bonchev–Trinajstić information content (AvgIpc) is 2.40. The fraction of sp³-hybridized carbons (Fsp3) is 0.143. The van der Waals surface area contributed by atoms with Crippen molar-refractivity contribution in [2.24, 2.45) is 0 Å². The molecule has 0 saturated heterocycles. The molecule has 0 spiro atoms. The van der Waals surface area contributed by atoms with Gasteiger partial charge in [-0.05, 0) is 36.2 Å². The van der Waals surface area contributed by atoms with E-state index < -0.39 is 10.0 Å². The minimum atomic E-state index is -3.51. The second-order valence-corrected chi connectivity index (χ2v) is 6.82. The summed E-state index contributed by atoms with van der Waals surface area (Å²) in [6.07, 6.45) is 0.870. The Bertz CT molecular complexity index is 642. The molecule has 0 bridgehead atoms. The lowest BCUT2D eigenvalue weighted by Crippen LogP contribution is -2.13. The number of para-hydroxylation sites is 1. The third-order valence-electron chi connectivity index (χ3n) is 2.62. The normalized spacial score (nSPS) is 11.2. The van der Waals surface area contributed by atoms with Gasteiger partial charge in [-0.3, -0.25) is 4.72 Å². The Hall–Kier alpha value is -1.08. The quantitative estimate of drug-likeness (QED) is 0.631. The zero-order valence-corrected chi connectivity index (χ0v) is 13.2. The van der Waals surface area contributed by atoms with Crippen LogP contribution in [0.1, 0.15) is 5.56 Å². The van der Waals surface area contributed by atoms with Crippen molar-refractivity contribution in [3.63, 3.8) is 0 Å². The molecule has 0 unspecified atom stereocenters. The number of aryl methyl sites for hydroxylation is 1. The van der Waals surface area contributed by atoms with Crippen LogP contribution in [0.3, 0.4) is 0 Å². The van der Waals surface area contributed by atoms with E-state index in [1.165, 1.54) is 0 Å². The molecule has 5 heteroatoms. The number of nitrogens with one attached hydrogen (secondary N) is 1. The van der Waals surface area contributed by atoms with Crippen molar-refractivity contribution in [1.82, 2.24) is 0 Å². The first-order valence-electron chi connectivity index (χ1n) is 5.84. The molecule has 19 heavy (non-hydrogen) atoms. The molecule has 0 aromatic heterocycles. The molecule has 0 amide bonds. The van der Waals surface area contributed by atoms with Gasteiger partial charge in [-0.25, -0.2) is 8.42 Å². The minimum Gasteiger partial charge on any atom is -0.280 e. The van der Waals surface area contributed by atoms with E-state index in [-0.39, 0.29) is 0 Å². The van der Waals surface area contributed by atoms with E-state index in [4.69, 9.17) is 0 Å². The largest absolute Gasteiger partial charge is 0.280 e. The summed E-state index contributed by atoms with van der Waals surface area (Å²) in [6.45, 7) is 0. The van der Waals surface area contributed by atoms with Gasteiger partial charge in [0.2, 0.25) is 0 Å². The molecule has 0 atom stereocenters. The molecule has 0 saturated carbocycles. The molecular weight excluding hydrogens is 373 g/mol. The number of halogens is 1. The van der Waals surface area contributed by atoms with Gasteiger partial charge in [-0.15, -0.1) is 0 Å². The molecular formula is C14H14INO2S. The van der Waals surface area contributed by atoms with Crippen LogP contribution in [-0.4, -0.2) is 12.8 Å². The summed E-state index contributed by atoms with van der Waals surface area (Å²) in [5, 5.41) is 0. The van der Waals surface area contributed by atoms with Crippen LogP contribution in [0.25, 0.3) is 0 Å². The number of rotatable bonds is 5. The lowest BCUT2D eigenvalue weighted by Gasteiger charge is -2.09. The Balaban J connectivity index is 2.27. The van der Waals surface area contributed by atoms with Crippen LogP contribution in [0, 0.1) is 0 Å². The van der Waals surface area contributed by atoms with Crippen molar-refractivity contribution in [1.29, 1.82) is 0 Å². The van der Waals surface area contributed by atoms with Crippen LogP contribution in [0.2, 0.25) is 0 Å². The van der Waals surface area contributed by atoms with E-state index in [0.717, 1.165) is 16.4 Å². The summed E-state index contributed by atoms with van der Waals surface area (Å²) in [5.74, 6) is 0. The highest BCUT2D eigenvalue weighted by Crippen LogP contribution is 2.17. The lowest BCUT2D eigenvalue weighted by atomic mass is 10.2. The van der Waals surface area contributed by atoms with Gasteiger partial charge in [0.15, 0.2) is 0 Å². The van der Waals surface area contributed by atoms with Crippen molar-refractivity contribution in [2.45, 2.75) is 11.3 Å². The summed E-state index contributed by atoms with van der Waals surface area (Å²) < 4.78 is 28.0. The van der Waals surface area contributed by atoms with Gasteiger partial charge in [0.25, 0.3) is 10.0 Å². The highest BCUT2D eigenvalue weighted by atomic mass is 127. The smallest absolute Gasteiger partial charge is 0.261 e. The van der Waals surface area contributed by atoms with Gasteiger partial charge in [0.1, 0.15) is 0 Å². The van der Waals surface area contributed by atoms with E-state index in [1.807, 2.05) is 12.1 Å². The Labute approximate surface area is 127 Å². The third kappa shape index (κ3) is 3.94. The van der Waals surface area contributed by atoms with Gasteiger partial charge in [0.05, 0.1) is 4.90 Å². The fourth-order valence-corrected chi connectivity index (χ4v) is 3.45. The maximum absolute atomic E-state index is 12.2. The number of hydrogen-bond acceptors (Lipinski definition) is 2. The average molecular weight is 387 g/mol. The predicted molar refractivity (Wildman–Crippen MR) is 86.3 cm³/mol. The summed E-state index contributed by atoms with van der Waals surface area (Å²) >= 11 is 2.28. The predicted octanol–water partition coefficient (Wildman–Crippen LogP) is 3.46. The third-order valence-corrected chi connectivity index (χ3v) is 4.54. The standard InChI is InChI=1S/C14H14INO2S/c15-10-9-12-5-4-8-14(11-12)19(17,18)16-13-6-2-1-3-7-13/h1-8,11,16H,9-10H2. The Kier molecular flexibility index (Phi) is 4.81. The Morgan fingerprint density at radius 2 is 1.74 bits per heavy atom. The van der Waals surface area contributed by atoms with Crippen molar-refractivity contribution < 1.29 is 8.42 Å². The molecule has 2 aromatic carbocycles. The van der Waals surface area contributed by atoms with Gasteiger partial charge in [0, 0.05) is 10.1 Å². The maximum atomic E-state index is 12.2. The SMILES string of the molecule is O=S(=O)(Nc1ccccc1)c1cccc(CCI)c1. The maximum Gasteiger partial charge on any atom is 0.261 e. The molecule has 0 aliphatic carbocycles. The molecule has 0 heterocycles. The molecule has 100 valence electrons. The highest BCUT2D eigenvalue weighted by Gasteiger charge is 2.14. The van der Waals surface area contributed by atoms with Gasteiger partial charge in [-0.2, -0.15) is 0 Å². The summed E-state index contributed by atoms with van der Waals surface area (Å²) in [4.78, 5) is 0.304. The van der Waals surface area contributed by atoms with E-state index in [0.29, 0.717) is 10.6 Å². The van der Waals surface area contributed by atoms with Crippen LogP contribution >= 0.6 is 22.6 Å². The minimum absolute atomic E-state index is 0.304. The molecule has 0 fully saturated rings. The van der Waals surface area contributed by atoms with Gasteiger partial charge >= 0.3 is 0 Å². The summed E-state index contributed by atoms with van der Waals surface area (Å²) in [7, 11) is -3.51. The molecule has 1 N–H and O–H groups in total. The van der Waals surface area contributed by atoms with Crippen LogP contribution in [0.15, 0.2) is 59.5 Å². The number of benzene rings is 2. The second-order valence-electron chi connectivity index (χ2n) is 4.06. The highest BCUT2D eigenvalue weighted by molar-refractivity contribution is 14.1. The zero-order valence-electron chi connectivity index (χ0n) is 10.2. The van der Waals surface area contributed by atoms with E-state index >= 15 is 0 Å². The van der Waals surface area contributed by atoms with Crippen LogP contribution in [0.5, 0.6) is 0 Å². The number of sulfonamides is 1. The summed E-state index contributed by atoms with van der Waals surface area (Å²) in [5.41, 5.74) is 1.60.